The topological polar surface area (TPSA) is 29.1 Å². The molecular weight excluding hydrogens is 296 g/mol. The van der Waals surface area contributed by atoms with Crippen LogP contribution in [0.3, 0.4) is 0 Å². The summed E-state index contributed by atoms with van der Waals surface area (Å²) < 4.78 is 14.1. The molecule has 0 saturated carbocycles. The average molecular weight is 309 g/mol. The number of hydrogen-bond donors (Lipinski definition) is 1. The van der Waals surface area contributed by atoms with Crippen LogP contribution >= 0.6 is 27.5 Å². The van der Waals surface area contributed by atoms with E-state index in [2.05, 4.69) is 21.2 Å². The Labute approximate surface area is 107 Å². The summed E-state index contributed by atoms with van der Waals surface area (Å²) in [5.74, 6) is -0.513. The molecule has 88 valence electrons. The minimum Gasteiger partial charge on any atom is -0.352 e. The van der Waals surface area contributed by atoms with Crippen molar-refractivity contribution in [2.24, 2.45) is 5.92 Å². The van der Waals surface area contributed by atoms with Gasteiger partial charge in [0, 0.05) is 28.4 Å². The fourth-order valence-corrected chi connectivity index (χ4v) is 1.65. The van der Waals surface area contributed by atoms with Crippen LogP contribution in [0.4, 0.5) is 4.39 Å². The van der Waals surface area contributed by atoms with Gasteiger partial charge in [-0.3, -0.25) is 4.79 Å². The maximum absolute atomic E-state index is 13.3. The molecule has 0 aliphatic heterocycles. The summed E-state index contributed by atoms with van der Waals surface area (Å²) in [7, 11) is 0. The highest BCUT2D eigenvalue weighted by atomic mass is 79.9. The Kier molecular flexibility index (Phi) is 5.22. The molecule has 1 rings (SSSR count). The van der Waals surface area contributed by atoms with Crippen molar-refractivity contribution in [3.63, 3.8) is 0 Å². The summed E-state index contributed by atoms with van der Waals surface area (Å²) in [4.78, 5) is 11.4. The number of hydrogen-bond acceptors (Lipinski definition) is 1. The fourth-order valence-electron chi connectivity index (χ4n) is 1.11. The van der Waals surface area contributed by atoms with Crippen molar-refractivity contribution in [2.45, 2.75) is 13.5 Å². The van der Waals surface area contributed by atoms with E-state index in [4.69, 9.17) is 11.6 Å². The minimum atomic E-state index is -0.331. The number of amides is 1. The van der Waals surface area contributed by atoms with Gasteiger partial charge < -0.3 is 5.32 Å². The number of carbonyl (C=O) groups is 1. The van der Waals surface area contributed by atoms with Crippen molar-refractivity contribution < 1.29 is 9.18 Å². The van der Waals surface area contributed by atoms with Crippen LogP contribution in [0, 0.1) is 11.7 Å². The first-order valence-electron chi connectivity index (χ1n) is 4.82. The largest absolute Gasteiger partial charge is 0.352 e. The molecule has 16 heavy (non-hydrogen) atoms. The molecule has 1 aromatic rings. The molecule has 0 aliphatic rings. The van der Waals surface area contributed by atoms with Crippen LogP contribution in [0.25, 0.3) is 0 Å². The number of halogens is 3. The van der Waals surface area contributed by atoms with Crippen molar-refractivity contribution in [1.82, 2.24) is 5.32 Å². The van der Waals surface area contributed by atoms with Gasteiger partial charge in [-0.05, 0) is 18.2 Å². The molecule has 0 heterocycles. The first-order valence-corrected chi connectivity index (χ1v) is 6.15. The predicted octanol–water partition coefficient (Wildman–Crippen LogP) is 3.08. The number of nitrogens with one attached hydrogen (secondary N) is 1. The molecule has 0 spiro atoms. The van der Waals surface area contributed by atoms with Gasteiger partial charge in [0.25, 0.3) is 0 Å². The summed E-state index contributed by atoms with van der Waals surface area (Å²) in [6.45, 7) is 1.89. The number of rotatable bonds is 4. The second kappa shape index (κ2) is 6.21. The second-order valence-electron chi connectivity index (χ2n) is 3.51. The van der Waals surface area contributed by atoms with Crippen molar-refractivity contribution in [3.05, 3.63) is 34.1 Å². The second-order valence-corrected chi connectivity index (χ2v) is 4.73. The summed E-state index contributed by atoms with van der Waals surface area (Å²) in [6.07, 6.45) is 0. The summed E-state index contributed by atoms with van der Waals surface area (Å²) in [5, 5.41) is 2.63. The molecule has 5 heteroatoms. The number of carbonyl (C=O) groups excluding carboxylic acids is 1. The van der Waals surface area contributed by atoms with Crippen molar-refractivity contribution in [3.8, 4) is 0 Å². The van der Waals surface area contributed by atoms with E-state index in [9.17, 15) is 9.18 Å². The van der Waals surface area contributed by atoms with Gasteiger partial charge in [0.2, 0.25) is 5.91 Å². The van der Waals surface area contributed by atoms with Crippen LogP contribution in [0.5, 0.6) is 0 Å². The molecule has 1 atom stereocenters. The van der Waals surface area contributed by atoms with E-state index in [1.54, 1.807) is 19.1 Å². The lowest BCUT2D eigenvalue weighted by Crippen LogP contribution is -2.29. The predicted molar refractivity (Wildman–Crippen MR) is 65.8 cm³/mol. The molecule has 0 aliphatic carbocycles. The van der Waals surface area contributed by atoms with Gasteiger partial charge >= 0.3 is 0 Å². The highest BCUT2D eigenvalue weighted by molar-refractivity contribution is 9.10. The van der Waals surface area contributed by atoms with E-state index in [0.29, 0.717) is 5.56 Å². The number of alkyl halides is 1. The van der Waals surface area contributed by atoms with Crippen molar-refractivity contribution in [1.29, 1.82) is 0 Å². The molecule has 0 bridgehead atoms. The van der Waals surface area contributed by atoms with Gasteiger partial charge in [0.15, 0.2) is 0 Å². The highest BCUT2D eigenvalue weighted by Crippen LogP contribution is 2.15. The van der Waals surface area contributed by atoms with Gasteiger partial charge in [-0.1, -0.05) is 22.9 Å². The Morgan fingerprint density at radius 2 is 2.31 bits per heavy atom. The zero-order valence-corrected chi connectivity index (χ0v) is 11.1. The van der Waals surface area contributed by atoms with Gasteiger partial charge in [-0.15, -0.1) is 11.6 Å². The van der Waals surface area contributed by atoms with E-state index in [0.717, 1.165) is 4.47 Å². The molecule has 2 nitrogen and oxygen atoms in total. The molecule has 1 amide bonds. The smallest absolute Gasteiger partial charge is 0.224 e. The Bertz CT molecular complexity index is 386. The maximum Gasteiger partial charge on any atom is 0.224 e. The lowest BCUT2D eigenvalue weighted by Gasteiger charge is -2.10. The van der Waals surface area contributed by atoms with Crippen LogP contribution in [0.1, 0.15) is 12.5 Å². The third-order valence-corrected chi connectivity index (χ3v) is 3.10. The lowest BCUT2D eigenvalue weighted by atomic mass is 10.2. The van der Waals surface area contributed by atoms with E-state index in [-0.39, 0.29) is 30.1 Å². The Morgan fingerprint density at radius 3 is 2.94 bits per heavy atom. The standard InChI is InChI=1S/C11H12BrClFNO/c1-7(5-13)11(16)15-6-8-4-9(12)2-3-10(8)14/h2-4,7H,5-6H2,1H3,(H,15,16). The Morgan fingerprint density at radius 1 is 1.62 bits per heavy atom. The van der Waals surface area contributed by atoms with Gasteiger partial charge in [-0.25, -0.2) is 4.39 Å². The molecule has 0 aromatic heterocycles. The van der Waals surface area contributed by atoms with Crippen LogP contribution in [-0.4, -0.2) is 11.8 Å². The van der Waals surface area contributed by atoms with Gasteiger partial charge in [-0.2, -0.15) is 0 Å². The zero-order valence-electron chi connectivity index (χ0n) is 8.77. The van der Waals surface area contributed by atoms with Gasteiger partial charge in [0.1, 0.15) is 5.82 Å². The molecule has 1 N–H and O–H groups in total. The van der Waals surface area contributed by atoms with E-state index in [1.807, 2.05) is 0 Å². The van der Waals surface area contributed by atoms with Crippen LogP contribution < -0.4 is 5.32 Å². The minimum absolute atomic E-state index is 0.172. The quantitative estimate of drug-likeness (QED) is 0.851. The maximum atomic E-state index is 13.3. The highest BCUT2D eigenvalue weighted by Gasteiger charge is 2.11. The molecule has 1 unspecified atom stereocenters. The summed E-state index contributed by atoms with van der Waals surface area (Å²) in [5.41, 5.74) is 0.449. The monoisotopic (exact) mass is 307 g/mol. The van der Waals surface area contributed by atoms with Crippen LogP contribution in [0.15, 0.2) is 22.7 Å². The number of benzene rings is 1. The Hall–Kier alpha value is -0.610. The molecule has 1 aromatic carbocycles. The first kappa shape index (κ1) is 13.5. The summed E-state index contributed by atoms with van der Waals surface area (Å²) in [6, 6.07) is 4.61. The first-order chi connectivity index (χ1) is 7.54. The fraction of sp³-hybridized carbons (Fsp3) is 0.364. The molecule has 0 fully saturated rings. The van der Waals surface area contributed by atoms with E-state index in [1.165, 1.54) is 6.07 Å². The molecular formula is C11H12BrClFNO. The third-order valence-electron chi connectivity index (χ3n) is 2.14. The molecule has 0 saturated heterocycles. The Balaban J connectivity index is 2.61. The van der Waals surface area contributed by atoms with E-state index >= 15 is 0 Å². The normalized spacial score (nSPS) is 12.2. The van der Waals surface area contributed by atoms with Crippen LogP contribution in [-0.2, 0) is 11.3 Å². The molecule has 0 radical (unpaired) electrons. The van der Waals surface area contributed by atoms with E-state index < -0.39 is 0 Å². The lowest BCUT2D eigenvalue weighted by molar-refractivity contribution is -0.124. The van der Waals surface area contributed by atoms with Crippen LogP contribution in [0.2, 0.25) is 0 Å². The SMILES string of the molecule is CC(CCl)C(=O)NCc1cc(Br)ccc1F. The zero-order chi connectivity index (χ0) is 12.1. The van der Waals surface area contributed by atoms with Gasteiger partial charge in [0.05, 0.1) is 0 Å². The van der Waals surface area contributed by atoms with Crippen molar-refractivity contribution in [2.75, 3.05) is 5.88 Å². The summed E-state index contributed by atoms with van der Waals surface area (Å²) >= 11 is 8.79. The average Bonchev–Trinajstić information content (AvgIpc) is 2.28. The van der Waals surface area contributed by atoms with Crippen molar-refractivity contribution >= 4 is 33.4 Å². The third kappa shape index (κ3) is 3.76.